The van der Waals surface area contributed by atoms with Crippen LogP contribution < -0.4 is 4.84 Å². The summed E-state index contributed by atoms with van der Waals surface area (Å²) < 4.78 is 3.84. The molecule has 0 radical (unpaired) electrons. The molecule has 0 fully saturated rings. The molecule has 0 aliphatic heterocycles. The molecule has 17 heavy (non-hydrogen) atoms. The van der Waals surface area contributed by atoms with E-state index in [1.807, 2.05) is 35.4 Å². The molecule has 0 amide bonds. The van der Waals surface area contributed by atoms with Crippen LogP contribution in [0.3, 0.4) is 0 Å². The molecule has 1 aromatic carbocycles. The van der Waals surface area contributed by atoms with Gasteiger partial charge in [0.25, 0.3) is 0 Å². The van der Waals surface area contributed by atoms with Crippen LogP contribution in [0.15, 0.2) is 49.2 Å². The van der Waals surface area contributed by atoms with Crippen LogP contribution in [-0.2, 0) is 6.54 Å². The third-order valence-electron chi connectivity index (χ3n) is 2.87. The summed E-state index contributed by atoms with van der Waals surface area (Å²) in [4.78, 5) is 9.37. The first-order valence-corrected chi connectivity index (χ1v) is 5.47. The zero-order valence-electron chi connectivity index (χ0n) is 9.58. The van der Waals surface area contributed by atoms with Crippen molar-refractivity contribution >= 4 is 10.9 Å². The summed E-state index contributed by atoms with van der Waals surface area (Å²) in [5, 5.41) is 1.21. The van der Waals surface area contributed by atoms with Gasteiger partial charge in [-0.15, -0.1) is 0 Å². The fraction of sp³-hybridized carbons (Fsp3) is 0.154. The van der Waals surface area contributed by atoms with Gasteiger partial charge in [-0.1, -0.05) is 18.2 Å². The molecule has 0 aliphatic rings. The van der Waals surface area contributed by atoms with E-state index in [2.05, 4.69) is 17.1 Å². The number of rotatable bonds is 3. The van der Waals surface area contributed by atoms with Crippen molar-refractivity contribution < 1.29 is 4.84 Å². The minimum Gasteiger partial charge on any atom is -0.417 e. The second-order valence-corrected chi connectivity index (χ2v) is 3.91. The molecule has 0 N–H and O–H groups in total. The smallest absolute Gasteiger partial charge is 0.104 e. The summed E-state index contributed by atoms with van der Waals surface area (Å²) in [7, 11) is 1.67. The molecule has 0 saturated carbocycles. The van der Waals surface area contributed by atoms with E-state index < -0.39 is 0 Å². The van der Waals surface area contributed by atoms with Crippen LogP contribution in [0.4, 0.5) is 0 Å². The Bertz CT molecular complexity index is 625. The van der Waals surface area contributed by atoms with Crippen LogP contribution in [0.25, 0.3) is 10.9 Å². The van der Waals surface area contributed by atoms with Gasteiger partial charge in [-0.3, -0.25) is 0 Å². The first kappa shape index (κ1) is 9.96. The Hall–Kier alpha value is -2.23. The number of hydrogen-bond donors (Lipinski definition) is 0. The van der Waals surface area contributed by atoms with Crippen LogP contribution >= 0.6 is 0 Å². The van der Waals surface area contributed by atoms with E-state index in [9.17, 15) is 0 Å². The molecule has 0 bridgehead atoms. The Balaban J connectivity index is 2.10. The maximum atomic E-state index is 5.32. The van der Waals surface area contributed by atoms with E-state index >= 15 is 0 Å². The van der Waals surface area contributed by atoms with E-state index in [0.717, 1.165) is 12.1 Å². The Labute approximate surface area is 99.0 Å². The topological polar surface area (TPSA) is 32.0 Å². The van der Waals surface area contributed by atoms with Crippen LogP contribution in [0.5, 0.6) is 0 Å². The monoisotopic (exact) mass is 227 g/mol. The van der Waals surface area contributed by atoms with Gasteiger partial charge in [0.05, 0.1) is 18.4 Å². The SMILES string of the molecule is COn1cc(Cn2ccnc2)c2ccccc21. The highest BCUT2D eigenvalue weighted by Gasteiger charge is 2.08. The van der Waals surface area contributed by atoms with Crippen LogP contribution in [0.1, 0.15) is 5.56 Å². The third-order valence-corrected chi connectivity index (χ3v) is 2.87. The lowest BCUT2D eigenvalue weighted by Crippen LogP contribution is -2.03. The van der Waals surface area contributed by atoms with Crippen molar-refractivity contribution in [3.8, 4) is 0 Å². The lowest BCUT2D eigenvalue weighted by atomic mass is 10.2. The maximum Gasteiger partial charge on any atom is 0.104 e. The summed E-state index contributed by atoms with van der Waals surface area (Å²) in [6.45, 7) is 0.802. The normalized spacial score (nSPS) is 10.9. The summed E-state index contributed by atoms with van der Waals surface area (Å²) in [5.74, 6) is 0. The van der Waals surface area contributed by atoms with Crippen molar-refractivity contribution in [2.45, 2.75) is 6.54 Å². The fourth-order valence-electron chi connectivity index (χ4n) is 2.07. The van der Waals surface area contributed by atoms with Crippen LogP contribution in [0.2, 0.25) is 0 Å². The zero-order chi connectivity index (χ0) is 11.7. The van der Waals surface area contributed by atoms with E-state index in [4.69, 9.17) is 4.84 Å². The van der Waals surface area contributed by atoms with Gasteiger partial charge in [-0.25, -0.2) is 4.98 Å². The Morgan fingerprint density at radius 2 is 2.18 bits per heavy atom. The van der Waals surface area contributed by atoms with Gasteiger partial charge >= 0.3 is 0 Å². The number of benzene rings is 1. The summed E-state index contributed by atoms with van der Waals surface area (Å²) in [5.41, 5.74) is 2.31. The molecule has 2 aromatic heterocycles. The standard InChI is InChI=1S/C13H13N3O/c1-17-16-9-11(8-15-7-6-14-10-15)12-4-2-3-5-13(12)16/h2-7,9-10H,8H2,1H3. The minimum absolute atomic E-state index is 0.802. The van der Waals surface area contributed by atoms with Crippen molar-refractivity contribution in [1.29, 1.82) is 0 Å². The molecular formula is C13H13N3O. The average molecular weight is 227 g/mol. The van der Waals surface area contributed by atoms with Crippen LogP contribution in [-0.4, -0.2) is 21.4 Å². The molecule has 3 aromatic rings. The predicted molar refractivity (Wildman–Crippen MR) is 65.8 cm³/mol. The van der Waals surface area contributed by atoms with Gasteiger partial charge < -0.3 is 9.40 Å². The quantitative estimate of drug-likeness (QED) is 0.685. The number of fused-ring (bicyclic) bond motifs is 1. The third kappa shape index (κ3) is 1.67. The molecule has 0 saturated heterocycles. The highest BCUT2D eigenvalue weighted by molar-refractivity contribution is 5.83. The second-order valence-electron chi connectivity index (χ2n) is 3.91. The predicted octanol–water partition coefficient (Wildman–Crippen LogP) is 1.94. The van der Waals surface area contributed by atoms with Crippen molar-refractivity contribution in [3.05, 3.63) is 54.7 Å². The first-order chi connectivity index (χ1) is 8.38. The van der Waals surface area contributed by atoms with Gasteiger partial charge in [-0.2, -0.15) is 4.73 Å². The Morgan fingerprint density at radius 1 is 1.29 bits per heavy atom. The fourth-order valence-corrected chi connectivity index (χ4v) is 2.07. The van der Waals surface area contributed by atoms with Gasteiger partial charge in [0.1, 0.15) is 7.11 Å². The van der Waals surface area contributed by atoms with E-state index in [-0.39, 0.29) is 0 Å². The molecule has 4 nitrogen and oxygen atoms in total. The van der Waals surface area contributed by atoms with Crippen molar-refractivity contribution in [2.75, 3.05) is 7.11 Å². The number of aromatic nitrogens is 3. The average Bonchev–Trinajstić information content (AvgIpc) is 2.98. The van der Waals surface area contributed by atoms with Crippen LogP contribution in [0, 0.1) is 0 Å². The maximum absolute atomic E-state index is 5.32. The van der Waals surface area contributed by atoms with Crippen molar-refractivity contribution in [3.63, 3.8) is 0 Å². The molecule has 3 rings (SSSR count). The van der Waals surface area contributed by atoms with Gasteiger partial charge in [0.2, 0.25) is 0 Å². The lowest BCUT2D eigenvalue weighted by Gasteiger charge is -2.00. The molecule has 0 spiro atoms. The number of hydrogen-bond acceptors (Lipinski definition) is 2. The molecular weight excluding hydrogens is 214 g/mol. The highest BCUT2D eigenvalue weighted by atomic mass is 16.6. The van der Waals surface area contributed by atoms with E-state index in [1.165, 1.54) is 10.9 Å². The molecule has 0 aliphatic carbocycles. The number of imidazole rings is 1. The van der Waals surface area contributed by atoms with Gasteiger partial charge in [0, 0.05) is 29.5 Å². The highest BCUT2D eigenvalue weighted by Crippen LogP contribution is 2.21. The summed E-state index contributed by atoms with van der Waals surface area (Å²) >= 11 is 0. The summed E-state index contributed by atoms with van der Waals surface area (Å²) in [6, 6.07) is 8.21. The second kappa shape index (κ2) is 3.97. The number of nitrogens with zero attached hydrogens (tertiary/aromatic N) is 3. The molecule has 0 atom stereocenters. The van der Waals surface area contributed by atoms with E-state index in [1.54, 1.807) is 18.0 Å². The molecule has 86 valence electrons. The molecule has 4 heteroatoms. The van der Waals surface area contributed by atoms with Gasteiger partial charge in [-0.05, 0) is 6.07 Å². The summed E-state index contributed by atoms with van der Waals surface area (Å²) in [6.07, 6.45) is 7.58. The Morgan fingerprint density at radius 3 is 2.94 bits per heavy atom. The largest absolute Gasteiger partial charge is 0.417 e. The molecule has 0 unspecified atom stereocenters. The molecule has 2 heterocycles. The van der Waals surface area contributed by atoms with Crippen molar-refractivity contribution in [1.82, 2.24) is 14.3 Å². The zero-order valence-corrected chi connectivity index (χ0v) is 9.58. The first-order valence-electron chi connectivity index (χ1n) is 5.47. The Kier molecular flexibility index (Phi) is 2.33. The lowest BCUT2D eigenvalue weighted by molar-refractivity contribution is 0.179. The minimum atomic E-state index is 0.802. The van der Waals surface area contributed by atoms with Gasteiger partial charge in [0.15, 0.2) is 0 Å². The number of para-hydroxylation sites is 1. The van der Waals surface area contributed by atoms with E-state index in [0.29, 0.717) is 0 Å². The van der Waals surface area contributed by atoms with Crippen molar-refractivity contribution in [2.24, 2.45) is 0 Å².